The first-order valence-corrected chi connectivity index (χ1v) is 11.5. The number of rotatable bonds is 6. The summed E-state index contributed by atoms with van der Waals surface area (Å²) in [5.74, 6) is -0.242. The second-order valence-corrected chi connectivity index (χ2v) is 9.26. The fourth-order valence-corrected chi connectivity index (χ4v) is 5.02. The minimum Gasteiger partial charge on any atom is -0.379 e. The highest BCUT2D eigenvalue weighted by Gasteiger charge is 2.36. The maximum absolute atomic E-state index is 13.2. The van der Waals surface area contributed by atoms with Gasteiger partial charge in [0.1, 0.15) is 0 Å². The Kier molecular flexibility index (Phi) is 6.71. The number of amides is 1. The number of aryl methyl sites for hydroxylation is 1. The van der Waals surface area contributed by atoms with Crippen LogP contribution in [0.1, 0.15) is 27.2 Å². The predicted octanol–water partition coefficient (Wildman–Crippen LogP) is 4.02. The topological polar surface area (TPSA) is 54.5 Å². The molecule has 3 aromatic rings. The number of thiophene rings is 1. The number of thiazole rings is 1. The quantitative estimate of drug-likeness (QED) is 0.646. The summed E-state index contributed by atoms with van der Waals surface area (Å²) in [6.45, 7) is 5.09. The van der Waals surface area contributed by atoms with Gasteiger partial charge in [0.05, 0.1) is 36.4 Å². The predicted molar refractivity (Wildman–Crippen MR) is 117 cm³/mol. The highest BCUT2D eigenvalue weighted by atomic mass is 32.1. The number of nitrogens with one attached hydrogen (secondary N) is 1. The molecule has 1 aromatic carbocycles. The number of hydrogen-bond donors (Lipinski definition) is 1. The molecule has 1 N–H and O–H groups in total. The number of ether oxygens (including phenoxy) is 1. The normalized spacial score (nSPS) is 20.3. The van der Waals surface area contributed by atoms with E-state index in [-0.39, 0.29) is 17.9 Å². The van der Waals surface area contributed by atoms with Gasteiger partial charge in [-0.1, -0.05) is 36.4 Å². The van der Waals surface area contributed by atoms with Gasteiger partial charge in [-0.05, 0) is 23.9 Å². The number of nitrogens with zero attached hydrogens (tertiary/aromatic N) is 2. The fraction of sp³-hybridized carbons (Fsp3) is 0.364. The van der Waals surface area contributed by atoms with Crippen LogP contribution in [-0.2, 0) is 22.6 Å². The lowest BCUT2D eigenvalue weighted by molar-refractivity contribution is -0.128. The average Bonchev–Trinajstić information content (AvgIpc) is 3.35. The Morgan fingerprint density at radius 1 is 1.24 bits per heavy atom. The van der Waals surface area contributed by atoms with Crippen molar-refractivity contribution < 1.29 is 9.53 Å². The monoisotopic (exact) mass is 427 g/mol. The second kappa shape index (κ2) is 9.63. The maximum Gasteiger partial charge on any atom is 0.227 e. The summed E-state index contributed by atoms with van der Waals surface area (Å²) in [7, 11) is 0. The summed E-state index contributed by atoms with van der Waals surface area (Å²) >= 11 is 3.32. The van der Waals surface area contributed by atoms with Crippen molar-refractivity contribution in [3.63, 3.8) is 0 Å². The van der Waals surface area contributed by atoms with Gasteiger partial charge < -0.3 is 10.1 Å². The van der Waals surface area contributed by atoms with Crippen molar-refractivity contribution in [2.75, 3.05) is 19.8 Å². The molecule has 2 aromatic heterocycles. The molecule has 152 valence electrons. The molecule has 3 heterocycles. The third-order valence-electron chi connectivity index (χ3n) is 5.12. The Morgan fingerprint density at radius 2 is 2.10 bits per heavy atom. The summed E-state index contributed by atoms with van der Waals surface area (Å²) in [5, 5.41) is 8.32. The van der Waals surface area contributed by atoms with Gasteiger partial charge in [0.25, 0.3) is 0 Å². The van der Waals surface area contributed by atoms with Gasteiger partial charge in [0.2, 0.25) is 5.91 Å². The number of benzene rings is 1. The molecule has 1 fully saturated rings. The van der Waals surface area contributed by atoms with Crippen LogP contribution in [0.3, 0.4) is 0 Å². The molecule has 0 saturated carbocycles. The molecule has 29 heavy (non-hydrogen) atoms. The lowest BCUT2D eigenvalue weighted by Crippen LogP contribution is -2.41. The fourth-order valence-electron chi connectivity index (χ4n) is 3.77. The number of aromatic nitrogens is 1. The standard InChI is InChI=1S/C22H25N3O2S2/c1-16-24-18(15-29-16)13-25-9-10-27-14-20(21(25)17-6-3-2-4-7-17)22(26)23-12-19-8-5-11-28-19/h2-8,11,15,20-21H,9-10,12-14H2,1H3,(H,23,26)/t20-,21+/m1/s1. The smallest absolute Gasteiger partial charge is 0.227 e. The molecule has 0 unspecified atom stereocenters. The molecule has 1 aliphatic heterocycles. The van der Waals surface area contributed by atoms with E-state index >= 15 is 0 Å². The van der Waals surface area contributed by atoms with Crippen molar-refractivity contribution in [1.29, 1.82) is 0 Å². The van der Waals surface area contributed by atoms with Crippen molar-refractivity contribution in [3.05, 3.63) is 74.4 Å². The highest BCUT2D eigenvalue weighted by Crippen LogP contribution is 2.33. The first-order chi connectivity index (χ1) is 14.2. The van der Waals surface area contributed by atoms with Gasteiger partial charge in [-0.25, -0.2) is 4.98 Å². The molecule has 1 aliphatic rings. The van der Waals surface area contributed by atoms with E-state index in [9.17, 15) is 4.79 Å². The van der Waals surface area contributed by atoms with E-state index in [1.807, 2.05) is 42.6 Å². The SMILES string of the molecule is Cc1nc(CN2CCOC[C@@H](C(=O)NCc3cccs3)[C@@H]2c2ccccc2)cs1. The molecule has 1 amide bonds. The van der Waals surface area contributed by atoms with E-state index < -0.39 is 0 Å². The van der Waals surface area contributed by atoms with E-state index in [0.717, 1.165) is 27.7 Å². The average molecular weight is 428 g/mol. The van der Waals surface area contributed by atoms with Gasteiger partial charge in [-0.3, -0.25) is 9.69 Å². The number of carbonyl (C=O) groups is 1. The van der Waals surface area contributed by atoms with Crippen molar-refractivity contribution in [2.24, 2.45) is 5.92 Å². The Labute approximate surface area is 179 Å². The zero-order valence-corrected chi connectivity index (χ0v) is 18.0. The zero-order valence-electron chi connectivity index (χ0n) is 16.4. The Morgan fingerprint density at radius 3 is 2.83 bits per heavy atom. The van der Waals surface area contributed by atoms with Crippen molar-refractivity contribution in [3.8, 4) is 0 Å². The van der Waals surface area contributed by atoms with Crippen LogP contribution in [0.5, 0.6) is 0 Å². The molecular weight excluding hydrogens is 402 g/mol. The van der Waals surface area contributed by atoms with Crippen LogP contribution in [0.2, 0.25) is 0 Å². The lowest BCUT2D eigenvalue weighted by atomic mass is 9.91. The Hall–Kier alpha value is -2.06. The molecular formula is C22H25N3O2S2. The molecule has 0 aliphatic carbocycles. The van der Waals surface area contributed by atoms with Gasteiger partial charge in [-0.2, -0.15) is 0 Å². The van der Waals surface area contributed by atoms with E-state index in [1.54, 1.807) is 22.7 Å². The van der Waals surface area contributed by atoms with Gasteiger partial charge in [0, 0.05) is 29.4 Å². The van der Waals surface area contributed by atoms with E-state index in [0.29, 0.717) is 26.3 Å². The Balaban J connectivity index is 1.59. The summed E-state index contributed by atoms with van der Waals surface area (Å²) in [6.07, 6.45) is 0. The summed E-state index contributed by atoms with van der Waals surface area (Å²) < 4.78 is 5.87. The highest BCUT2D eigenvalue weighted by molar-refractivity contribution is 7.10. The van der Waals surface area contributed by atoms with Crippen molar-refractivity contribution >= 4 is 28.6 Å². The maximum atomic E-state index is 13.2. The molecule has 0 radical (unpaired) electrons. The van der Waals surface area contributed by atoms with Gasteiger partial charge in [0.15, 0.2) is 0 Å². The summed E-state index contributed by atoms with van der Waals surface area (Å²) in [5.41, 5.74) is 2.19. The summed E-state index contributed by atoms with van der Waals surface area (Å²) in [6, 6.07) is 14.3. The lowest BCUT2D eigenvalue weighted by Gasteiger charge is -2.33. The van der Waals surface area contributed by atoms with Crippen LogP contribution >= 0.6 is 22.7 Å². The van der Waals surface area contributed by atoms with Crippen LogP contribution in [0, 0.1) is 12.8 Å². The third-order valence-corrected chi connectivity index (χ3v) is 6.82. The van der Waals surface area contributed by atoms with Crippen LogP contribution < -0.4 is 5.32 Å². The molecule has 5 nitrogen and oxygen atoms in total. The van der Waals surface area contributed by atoms with Crippen LogP contribution in [-0.4, -0.2) is 35.5 Å². The molecule has 0 spiro atoms. The molecule has 0 bridgehead atoms. The molecule has 7 heteroatoms. The van der Waals surface area contributed by atoms with Crippen molar-refractivity contribution in [2.45, 2.75) is 26.1 Å². The largest absolute Gasteiger partial charge is 0.379 e. The van der Waals surface area contributed by atoms with Crippen molar-refractivity contribution in [1.82, 2.24) is 15.2 Å². The minimum absolute atomic E-state index is 0.0358. The first kappa shape index (κ1) is 20.2. The van der Waals surface area contributed by atoms with Crippen LogP contribution in [0.25, 0.3) is 0 Å². The van der Waals surface area contributed by atoms with Crippen LogP contribution in [0.15, 0.2) is 53.2 Å². The van der Waals surface area contributed by atoms with Gasteiger partial charge in [-0.15, -0.1) is 22.7 Å². The zero-order chi connectivity index (χ0) is 20.1. The minimum atomic E-state index is -0.278. The third kappa shape index (κ3) is 5.11. The number of hydrogen-bond acceptors (Lipinski definition) is 6. The molecule has 4 rings (SSSR count). The Bertz CT molecular complexity index is 911. The summed E-state index contributed by atoms with van der Waals surface area (Å²) in [4.78, 5) is 21.3. The second-order valence-electron chi connectivity index (χ2n) is 7.16. The van der Waals surface area contributed by atoms with E-state index in [4.69, 9.17) is 4.74 Å². The van der Waals surface area contributed by atoms with E-state index in [2.05, 4.69) is 32.7 Å². The first-order valence-electron chi connectivity index (χ1n) is 9.78. The molecule has 1 saturated heterocycles. The molecule has 2 atom stereocenters. The van der Waals surface area contributed by atoms with Gasteiger partial charge >= 0.3 is 0 Å². The van der Waals surface area contributed by atoms with Crippen LogP contribution in [0.4, 0.5) is 0 Å². The van der Waals surface area contributed by atoms with E-state index in [1.165, 1.54) is 0 Å². The number of carbonyl (C=O) groups excluding carboxylic acids is 1.